The fourth-order valence-corrected chi connectivity index (χ4v) is 5.48. The lowest BCUT2D eigenvalue weighted by Crippen LogP contribution is -2.09. The van der Waals surface area contributed by atoms with Crippen molar-refractivity contribution >= 4 is 5.97 Å². The highest BCUT2D eigenvalue weighted by Crippen LogP contribution is 2.62. The summed E-state index contributed by atoms with van der Waals surface area (Å²) in [5, 5.41) is 19.2. The number of aliphatic carboxylic acids is 1. The van der Waals surface area contributed by atoms with Crippen molar-refractivity contribution in [2.24, 2.45) is 17.8 Å². The lowest BCUT2D eigenvalue weighted by Gasteiger charge is -2.13. The van der Waals surface area contributed by atoms with E-state index in [1.54, 1.807) is 12.1 Å². The number of pyridine rings is 1. The molecule has 0 radical (unpaired) electrons. The highest BCUT2D eigenvalue weighted by atomic mass is 19.1. The fraction of sp³-hybridized carbons (Fsp3) is 0.419. The van der Waals surface area contributed by atoms with Crippen LogP contribution in [0.4, 0.5) is 4.39 Å². The van der Waals surface area contributed by atoms with Gasteiger partial charge in [-0.1, -0.05) is 12.6 Å². The van der Waals surface area contributed by atoms with Crippen LogP contribution in [0.5, 0.6) is 5.88 Å². The molecule has 3 aliphatic carbocycles. The molecule has 7 heteroatoms. The Labute approximate surface area is 222 Å². The summed E-state index contributed by atoms with van der Waals surface area (Å²) in [7, 11) is 0. The van der Waals surface area contributed by atoms with E-state index < -0.39 is 11.6 Å². The molecule has 1 aromatic carbocycles. The van der Waals surface area contributed by atoms with Gasteiger partial charge >= 0.3 is 5.97 Å². The van der Waals surface area contributed by atoms with Crippen LogP contribution in [0.2, 0.25) is 0 Å². The Morgan fingerprint density at radius 1 is 1.29 bits per heavy atom. The zero-order valence-electron chi connectivity index (χ0n) is 21.9. The molecule has 200 valence electrons. The van der Waals surface area contributed by atoms with Crippen LogP contribution >= 0.6 is 0 Å². The third-order valence-electron chi connectivity index (χ3n) is 8.00. The molecule has 2 N–H and O–H groups in total. The predicted octanol–water partition coefficient (Wildman–Crippen LogP) is 6.13. The van der Waals surface area contributed by atoms with Crippen LogP contribution in [-0.2, 0) is 16.1 Å². The van der Waals surface area contributed by atoms with Gasteiger partial charge in [0.25, 0.3) is 0 Å². The molecule has 0 saturated heterocycles. The van der Waals surface area contributed by atoms with E-state index in [2.05, 4.69) is 11.6 Å². The number of nitrogens with zero attached hydrogens (tertiary/aromatic N) is 1. The predicted molar refractivity (Wildman–Crippen MR) is 142 cm³/mol. The number of hydrogen-bond acceptors (Lipinski definition) is 5. The number of hydrogen-bond donors (Lipinski definition) is 2. The third-order valence-corrected chi connectivity index (χ3v) is 8.00. The second-order valence-electron chi connectivity index (χ2n) is 10.7. The van der Waals surface area contributed by atoms with Crippen LogP contribution in [0.25, 0.3) is 11.1 Å². The first-order valence-electron chi connectivity index (χ1n) is 13.2. The van der Waals surface area contributed by atoms with Crippen LogP contribution < -0.4 is 4.74 Å². The number of carboxylic acid groups (broad SMARTS) is 1. The molecule has 3 aliphatic rings. The number of allylic oxidation sites excluding steroid dienone is 4. The number of rotatable bonds is 11. The number of aromatic nitrogens is 1. The Morgan fingerprint density at radius 2 is 2.08 bits per heavy atom. The average Bonchev–Trinajstić information content (AvgIpc) is 3.78. The Bertz CT molecular complexity index is 1330. The first-order chi connectivity index (χ1) is 18.2. The highest BCUT2D eigenvalue weighted by molar-refractivity contribution is 5.77. The summed E-state index contributed by atoms with van der Waals surface area (Å²) in [6.07, 6.45) is 7.68. The van der Waals surface area contributed by atoms with Gasteiger partial charge in [0.15, 0.2) is 0 Å². The zero-order chi connectivity index (χ0) is 27.0. The van der Waals surface area contributed by atoms with Gasteiger partial charge in [0.2, 0.25) is 5.88 Å². The van der Waals surface area contributed by atoms with Gasteiger partial charge in [0.1, 0.15) is 18.2 Å². The van der Waals surface area contributed by atoms with E-state index in [-0.39, 0.29) is 30.2 Å². The maximum Gasteiger partial charge on any atom is 0.307 e. The standard InChI is InChI=1S/C31H34FNO5/c1-4-23(15-21-16-25-28(18(21)2)29(25)30(34)35)38-17-22-14-20(6-8-26(22)32)24-7-9-27(33-19(24)3)37-13-5-10-31(36)11-12-31/h4,6-9,14-15,25,28-29,36H,2,5,10-13,16-17H2,1,3H3,(H,34,35)/b21-15-,23-4+/t25-,28+,29+/m1/s1. The van der Waals surface area contributed by atoms with Gasteiger partial charge in [-0.15, -0.1) is 0 Å². The molecule has 0 bridgehead atoms. The normalized spacial score (nSPS) is 24.3. The van der Waals surface area contributed by atoms with Crippen molar-refractivity contribution < 1.29 is 28.9 Å². The van der Waals surface area contributed by atoms with E-state index in [0.29, 0.717) is 30.2 Å². The zero-order valence-corrected chi connectivity index (χ0v) is 21.9. The van der Waals surface area contributed by atoms with E-state index in [0.717, 1.165) is 53.7 Å². The van der Waals surface area contributed by atoms with Crippen LogP contribution in [0, 0.1) is 30.5 Å². The van der Waals surface area contributed by atoms with E-state index in [9.17, 15) is 19.4 Å². The lowest BCUT2D eigenvalue weighted by atomic mass is 10.0. The number of carboxylic acids is 1. The summed E-state index contributed by atoms with van der Waals surface area (Å²) in [4.78, 5) is 15.9. The minimum atomic E-state index is -0.755. The monoisotopic (exact) mass is 519 g/mol. The summed E-state index contributed by atoms with van der Waals surface area (Å²) in [5.74, 6) is -0.132. The maximum atomic E-state index is 14.7. The molecule has 3 saturated carbocycles. The smallest absolute Gasteiger partial charge is 0.307 e. The summed E-state index contributed by atoms with van der Waals surface area (Å²) in [6.45, 7) is 8.41. The highest BCUT2D eigenvalue weighted by Gasteiger charge is 2.60. The molecule has 0 unspecified atom stereocenters. The molecule has 6 nitrogen and oxygen atoms in total. The Balaban J connectivity index is 1.20. The number of carbonyl (C=O) groups is 1. The van der Waals surface area contributed by atoms with Crippen molar-refractivity contribution in [3.05, 3.63) is 83.0 Å². The van der Waals surface area contributed by atoms with Crippen LogP contribution in [0.1, 0.15) is 50.3 Å². The summed E-state index contributed by atoms with van der Waals surface area (Å²) >= 11 is 0. The van der Waals surface area contributed by atoms with Gasteiger partial charge in [-0.05, 0) is 98.9 Å². The number of halogens is 1. The van der Waals surface area contributed by atoms with E-state index in [1.807, 2.05) is 38.1 Å². The fourth-order valence-electron chi connectivity index (χ4n) is 5.48. The van der Waals surface area contributed by atoms with Crippen LogP contribution in [0.15, 0.2) is 66.0 Å². The third kappa shape index (κ3) is 5.53. The molecule has 1 aromatic heterocycles. The molecule has 1 heterocycles. The van der Waals surface area contributed by atoms with Crippen LogP contribution in [-0.4, -0.2) is 33.4 Å². The van der Waals surface area contributed by atoms with Gasteiger partial charge in [-0.3, -0.25) is 4.79 Å². The van der Waals surface area contributed by atoms with Gasteiger partial charge in [-0.25, -0.2) is 9.37 Å². The van der Waals surface area contributed by atoms with Crippen molar-refractivity contribution in [1.29, 1.82) is 0 Å². The Kier molecular flexibility index (Phi) is 7.14. The van der Waals surface area contributed by atoms with E-state index in [1.165, 1.54) is 6.07 Å². The SMILES string of the molecule is C=C1/C(=C\C(=C/C)OCc2cc(-c3ccc(OCCCC4(O)CC4)nc3C)ccc2F)C[C@@H]2[C@H]1[C@H]2C(=O)O. The molecule has 38 heavy (non-hydrogen) atoms. The number of aliphatic hydroxyl groups is 1. The molecular weight excluding hydrogens is 485 g/mol. The molecule has 0 amide bonds. The van der Waals surface area contributed by atoms with Gasteiger partial charge in [0.05, 0.1) is 18.1 Å². The molecular formula is C31H34FNO5. The van der Waals surface area contributed by atoms with Crippen molar-refractivity contribution in [2.75, 3.05) is 6.61 Å². The number of fused-ring (bicyclic) bond motifs is 1. The van der Waals surface area contributed by atoms with Gasteiger partial charge in [0, 0.05) is 28.8 Å². The van der Waals surface area contributed by atoms with Crippen molar-refractivity contribution in [3.63, 3.8) is 0 Å². The maximum absolute atomic E-state index is 14.7. The molecule has 3 fully saturated rings. The number of aryl methyl sites for hydroxylation is 1. The largest absolute Gasteiger partial charge is 0.489 e. The van der Waals surface area contributed by atoms with Crippen molar-refractivity contribution in [2.45, 2.75) is 58.2 Å². The minimum Gasteiger partial charge on any atom is -0.489 e. The first-order valence-corrected chi connectivity index (χ1v) is 13.2. The second-order valence-corrected chi connectivity index (χ2v) is 10.7. The molecule has 5 rings (SSSR count). The average molecular weight is 520 g/mol. The molecule has 0 aliphatic heterocycles. The second kappa shape index (κ2) is 10.4. The lowest BCUT2D eigenvalue weighted by molar-refractivity contribution is -0.139. The molecule has 3 atom stereocenters. The Morgan fingerprint density at radius 3 is 2.71 bits per heavy atom. The van der Waals surface area contributed by atoms with Crippen molar-refractivity contribution in [1.82, 2.24) is 4.98 Å². The molecule has 2 aromatic rings. The minimum absolute atomic E-state index is 0.0232. The van der Waals surface area contributed by atoms with E-state index in [4.69, 9.17) is 9.47 Å². The topological polar surface area (TPSA) is 88.9 Å². The van der Waals surface area contributed by atoms with Gasteiger partial charge < -0.3 is 19.7 Å². The number of benzene rings is 1. The first kappa shape index (κ1) is 26.2. The number of ether oxygens (including phenoxy) is 2. The van der Waals surface area contributed by atoms with Crippen molar-refractivity contribution in [3.8, 4) is 17.0 Å². The summed E-state index contributed by atoms with van der Waals surface area (Å²) < 4.78 is 26.4. The quantitative estimate of drug-likeness (QED) is 0.274. The van der Waals surface area contributed by atoms with E-state index >= 15 is 0 Å². The van der Waals surface area contributed by atoms with Gasteiger partial charge in [-0.2, -0.15) is 0 Å². The summed E-state index contributed by atoms with van der Waals surface area (Å²) in [6, 6.07) is 8.68. The summed E-state index contributed by atoms with van der Waals surface area (Å²) in [5.41, 5.74) is 4.33. The van der Waals surface area contributed by atoms with Crippen LogP contribution in [0.3, 0.4) is 0 Å². The Hall–Kier alpha value is -3.45. The molecule has 0 spiro atoms.